The lowest BCUT2D eigenvalue weighted by molar-refractivity contribution is -0.122. The van der Waals surface area contributed by atoms with E-state index in [1.807, 2.05) is 66.7 Å². The minimum Gasteiger partial charge on any atom is -0.352 e. The number of carbonyl (C=O) groups is 2. The van der Waals surface area contributed by atoms with Crippen LogP contribution in [0.1, 0.15) is 46.3 Å². The summed E-state index contributed by atoms with van der Waals surface area (Å²) < 4.78 is 0. The van der Waals surface area contributed by atoms with E-state index in [4.69, 9.17) is 5.73 Å². The van der Waals surface area contributed by atoms with E-state index in [1.54, 1.807) is 0 Å². The van der Waals surface area contributed by atoms with Gasteiger partial charge in [-0.25, -0.2) is 4.79 Å². The number of urea groups is 1. The van der Waals surface area contributed by atoms with Crippen LogP contribution in [-0.2, 0) is 4.79 Å². The number of nitrogens with two attached hydrogens (primary N) is 1. The van der Waals surface area contributed by atoms with Crippen molar-refractivity contribution in [1.82, 2.24) is 10.6 Å². The van der Waals surface area contributed by atoms with Crippen LogP contribution in [0.15, 0.2) is 78.9 Å². The van der Waals surface area contributed by atoms with Gasteiger partial charge in [0.2, 0.25) is 5.91 Å². The van der Waals surface area contributed by atoms with Crippen molar-refractivity contribution in [2.24, 2.45) is 5.73 Å². The number of nitrogens with one attached hydrogen (secondary N) is 2. The first-order valence-corrected chi connectivity index (χ1v) is 9.96. The molecule has 3 aromatic carbocycles. The Morgan fingerprint density at radius 3 is 1.93 bits per heavy atom. The lowest BCUT2D eigenvalue weighted by Crippen LogP contribution is -2.37. The van der Waals surface area contributed by atoms with Gasteiger partial charge in [0.1, 0.15) is 0 Å². The van der Waals surface area contributed by atoms with E-state index in [1.165, 1.54) is 11.1 Å². The molecule has 0 aliphatic carbocycles. The van der Waals surface area contributed by atoms with Crippen molar-refractivity contribution in [2.75, 3.05) is 0 Å². The number of benzene rings is 3. The lowest BCUT2D eigenvalue weighted by atomic mass is 9.95. The van der Waals surface area contributed by atoms with Gasteiger partial charge >= 0.3 is 6.03 Å². The second-order valence-electron chi connectivity index (χ2n) is 7.43. The molecule has 4 N–H and O–H groups in total. The molecule has 3 amide bonds. The van der Waals surface area contributed by atoms with E-state index >= 15 is 0 Å². The molecule has 5 nitrogen and oxygen atoms in total. The van der Waals surface area contributed by atoms with E-state index in [2.05, 4.69) is 36.6 Å². The number of primary amides is 1. The molecule has 0 aromatic heterocycles. The smallest absolute Gasteiger partial charge is 0.312 e. The first-order chi connectivity index (χ1) is 14.4. The fourth-order valence-electron chi connectivity index (χ4n) is 3.46. The molecule has 0 fully saturated rings. The molecule has 3 aromatic rings. The van der Waals surface area contributed by atoms with Crippen molar-refractivity contribution in [2.45, 2.75) is 32.4 Å². The van der Waals surface area contributed by atoms with Crippen molar-refractivity contribution in [3.8, 4) is 0 Å². The Balaban J connectivity index is 1.85. The van der Waals surface area contributed by atoms with Crippen LogP contribution in [-0.4, -0.2) is 11.9 Å². The zero-order chi connectivity index (χ0) is 21.5. The molecule has 5 heteroatoms. The largest absolute Gasteiger partial charge is 0.352 e. The predicted molar refractivity (Wildman–Crippen MR) is 119 cm³/mol. The van der Waals surface area contributed by atoms with E-state index in [-0.39, 0.29) is 18.4 Å². The van der Waals surface area contributed by atoms with E-state index < -0.39 is 12.1 Å². The van der Waals surface area contributed by atoms with Crippen molar-refractivity contribution in [3.63, 3.8) is 0 Å². The first-order valence-electron chi connectivity index (χ1n) is 9.96. The quantitative estimate of drug-likeness (QED) is 0.551. The predicted octanol–water partition coefficient (Wildman–Crippen LogP) is 4.31. The highest BCUT2D eigenvalue weighted by Crippen LogP contribution is 2.25. The van der Waals surface area contributed by atoms with Gasteiger partial charge in [-0.3, -0.25) is 4.79 Å². The molecule has 0 bridgehead atoms. The average molecular weight is 402 g/mol. The van der Waals surface area contributed by atoms with Gasteiger partial charge in [0, 0.05) is 0 Å². The molecular formula is C25H27N3O2. The van der Waals surface area contributed by atoms with Gasteiger partial charge in [-0.15, -0.1) is 0 Å². The third-order valence-electron chi connectivity index (χ3n) is 5.21. The number of carbonyl (C=O) groups excluding carboxylic acids is 2. The molecule has 0 aliphatic heterocycles. The molecule has 0 unspecified atom stereocenters. The van der Waals surface area contributed by atoms with E-state index in [0.29, 0.717) is 0 Å². The normalized spacial score (nSPS) is 12.6. The van der Waals surface area contributed by atoms with Crippen molar-refractivity contribution in [1.29, 1.82) is 0 Å². The lowest BCUT2D eigenvalue weighted by Gasteiger charge is -2.23. The van der Waals surface area contributed by atoms with E-state index in [9.17, 15) is 9.59 Å². The fraction of sp³-hybridized carbons (Fsp3) is 0.200. The Morgan fingerprint density at radius 2 is 1.37 bits per heavy atom. The molecule has 0 spiro atoms. The van der Waals surface area contributed by atoms with Crippen LogP contribution >= 0.6 is 0 Å². The molecule has 0 saturated heterocycles. The molecule has 0 radical (unpaired) electrons. The Kier molecular flexibility index (Phi) is 6.86. The van der Waals surface area contributed by atoms with E-state index in [0.717, 1.165) is 16.7 Å². The summed E-state index contributed by atoms with van der Waals surface area (Å²) in [6.07, 6.45) is 0.0845. The van der Waals surface area contributed by atoms with Gasteiger partial charge in [0.15, 0.2) is 0 Å². The molecule has 154 valence electrons. The molecule has 3 rings (SSSR count). The summed E-state index contributed by atoms with van der Waals surface area (Å²) in [5.41, 5.74) is 10.5. The minimum atomic E-state index is -0.662. The SMILES string of the molecule is Cc1ccc([C@@H](NC(=O)C[C@@H](NC(N)=O)c2ccccc2)c2ccccc2)cc1C. The molecule has 0 aliphatic rings. The third kappa shape index (κ3) is 5.47. The number of aryl methyl sites for hydroxylation is 2. The van der Waals surface area contributed by atoms with Gasteiger partial charge in [0.05, 0.1) is 18.5 Å². The Hall–Kier alpha value is -3.60. The van der Waals surface area contributed by atoms with Gasteiger partial charge in [-0.2, -0.15) is 0 Å². The molecular weight excluding hydrogens is 374 g/mol. The zero-order valence-corrected chi connectivity index (χ0v) is 17.3. The molecule has 0 heterocycles. The van der Waals surface area contributed by atoms with Crippen LogP contribution in [0.3, 0.4) is 0 Å². The summed E-state index contributed by atoms with van der Waals surface area (Å²) in [6.45, 7) is 4.13. The maximum absolute atomic E-state index is 13.0. The van der Waals surface area contributed by atoms with Crippen LogP contribution in [0.2, 0.25) is 0 Å². The van der Waals surface area contributed by atoms with Crippen molar-refractivity contribution < 1.29 is 9.59 Å². The Bertz CT molecular complexity index is 1000. The van der Waals surface area contributed by atoms with Crippen LogP contribution < -0.4 is 16.4 Å². The van der Waals surface area contributed by atoms with Crippen LogP contribution in [0.25, 0.3) is 0 Å². The number of rotatable bonds is 7. The first kappa shape index (κ1) is 21.1. The monoisotopic (exact) mass is 401 g/mol. The third-order valence-corrected chi connectivity index (χ3v) is 5.21. The van der Waals surface area contributed by atoms with Crippen LogP contribution in [0.4, 0.5) is 4.79 Å². The highest BCUT2D eigenvalue weighted by atomic mass is 16.2. The highest BCUT2D eigenvalue weighted by molar-refractivity contribution is 5.79. The van der Waals surface area contributed by atoms with Gasteiger partial charge < -0.3 is 16.4 Å². The standard InChI is InChI=1S/C25H27N3O2/c1-17-13-14-21(15-18(17)2)24(20-11-7-4-8-12-20)28-23(29)16-22(27-25(26)30)19-9-5-3-6-10-19/h3-15,22,24H,16H2,1-2H3,(H,28,29)(H3,26,27,30)/t22-,24+/m1/s1. The van der Waals surface area contributed by atoms with Crippen molar-refractivity contribution >= 4 is 11.9 Å². The van der Waals surface area contributed by atoms with Crippen LogP contribution in [0, 0.1) is 13.8 Å². The zero-order valence-electron chi connectivity index (χ0n) is 17.3. The summed E-state index contributed by atoms with van der Waals surface area (Å²) in [5, 5.41) is 5.81. The average Bonchev–Trinajstić information content (AvgIpc) is 2.74. The summed E-state index contributed by atoms with van der Waals surface area (Å²) >= 11 is 0. The summed E-state index contributed by atoms with van der Waals surface area (Å²) in [6, 6.07) is 24.0. The Morgan fingerprint density at radius 1 is 0.767 bits per heavy atom. The summed E-state index contributed by atoms with van der Waals surface area (Å²) in [4.78, 5) is 24.5. The van der Waals surface area contributed by atoms with Gasteiger partial charge in [0.25, 0.3) is 0 Å². The van der Waals surface area contributed by atoms with Crippen molar-refractivity contribution in [3.05, 3.63) is 107 Å². The second kappa shape index (κ2) is 9.74. The fourth-order valence-corrected chi connectivity index (χ4v) is 3.46. The van der Waals surface area contributed by atoms with Gasteiger partial charge in [-0.05, 0) is 41.7 Å². The highest BCUT2D eigenvalue weighted by Gasteiger charge is 2.22. The topological polar surface area (TPSA) is 84.2 Å². The minimum absolute atomic E-state index is 0.0845. The summed E-state index contributed by atoms with van der Waals surface area (Å²) in [7, 11) is 0. The molecule has 0 saturated carbocycles. The molecule has 30 heavy (non-hydrogen) atoms. The maximum Gasteiger partial charge on any atom is 0.312 e. The Labute approximate surface area is 177 Å². The van der Waals surface area contributed by atoms with Gasteiger partial charge in [-0.1, -0.05) is 78.9 Å². The summed E-state index contributed by atoms with van der Waals surface area (Å²) in [5.74, 6) is -0.176. The number of hydrogen-bond donors (Lipinski definition) is 3. The number of hydrogen-bond acceptors (Lipinski definition) is 2. The number of amides is 3. The maximum atomic E-state index is 13.0. The molecule has 2 atom stereocenters. The van der Waals surface area contributed by atoms with Crippen LogP contribution in [0.5, 0.6) is 0 Å². The second-order valence-corrected chi connectivity index (χ2v) is 7.43.